The van der Waals surface area contributed by atoms with Crippen LogP contribution in [0, 0.1) is 0 Å². The number of ether oxygens (including phenoxy) is 3. The summed E-state index contributed by atoms with van der Waals surface area (Å²) in [5, 5.41) is 0.380. The minimum atomic E-state index is -0.522. The van der Waals surface area contributed by atoms with Gasteiger partial charge in [0, 0.05) is 11.1 Å². The lowest BCUT2D eigenvalue weighted by Crippen LogP contribution is -2.07. The van der Waals surface area contributed by atoms with Gasteiger partial charge in [-0.05, 0) is 13.0 Å². The molecule has 0 aromatic heterocycles. The number of carbonyl (C=O) groups is 1. The van der Waals surface area contributed by atoms with Crippen molar-refractivity contribution in [1.29, 1.82) is 0 Å². The molecule has 0 radical (unpaired) electrons. The first-order chi connectivity index (χ1) is 9.63. The molecule has 0 amide bonds. The average molecular weight is 301 g/mol. The minimum absolute atomic E-state index is 0.242. The quantitative estimate of drug-likeness (QED) is 0.606. The molecular formula is C15H21ClO4. The van der Waals surface area contributed by atoms with Crippen molar-refractivity contribution in [2.45, 2.75) is 20.8 Å². The van der Waals surface area contributed by atoms with E-state index in [1.165, 1.54) is 20.3 Å². The van der Waals surface area contributed by atoms with Crippen LogP contribution in [-0.4, -0.2) is 26.8 Å². The standard InChI is InChI=1S/C13H15ClO4.C2H6/c1-4-5-6-18-12-10(13(15)17-3)7-9(14)8-11(12)16-2;1-2/h4-5,7-8H,6H2,1-3H3;1-2H3/b5-4+;. The molecule has 1 rings (SSSR count). The van der Waals surface area contributed by atoms with Crippen LogP contribution in [0.5, 0.6) is 11.5 Å². The molecule has 20 heavy (non-hydrogen) atoms. The molecule has 5 heteroatoms. The van der Waals surface area contributed by atoms with Gasteiger partial charge in [0.25, 0.3) is 0 Å². The van der Waals surface area contributed by atoms with Gasteiger partial charge in [-0.1, -0.05) is 37.6 Å². The predicted molar refractivity (Wildman–Crippen MR) is 81.0 cm³/mol. The highest BCUT2D eigenvalue weighted by Gasteiger charge is 2.19. The smallest absolute Gasteiger partial charge is 0.341 e. The highest BCUT2D eigenvalue weighted by Crippen LogP contribution is 2.35. The summed E-state index contributed by atoms with van der Waals surface area (Å²) in [6, 6.07) is 3.07. The summed E-state index contributed by atoms with van der Waals surface area (Å²) in [6.45, 7) is 6.21. The molecule has 0 atom stereocenters. The Kier molecular flexibility index (Phi) is 9.30. The Morgan fingerprint density at radius 1 is 1.30 bits per heavy atom. The third-order valence-corrected chi connectivity index (χ3v) is 2.42. The van der Waals surface area contributed by atoms with E-state index in [4.69, 9.17) is 21.1 Å². The van der Waals surface area contributed by atoms with Crippen molar-refractivity contribution in [2.24, 2.45) is 0 Å². The van der Waals surface area contributed by atoms with Crippen molar-refractivity contribution in [3.05, 3.63) is 34.9 Å². The average Bonchev–Trinajstić information content (AvgIpc) is 2.49. The zero-order valence-electron chi connectivity index (χ0n) is 12.5. The van der Waals surface area contributed by atoms with E-state index in [1.54, 1.807) is 6.07 Å². The van der Waals surface area contributed by atoms with Crippen LogP contribution in [-0.2, 0) is 4.74 Å². The molecule has 0 N–H and O–H groups in total. The molecule has 0 saturated heterocycles. The van der Waals surface area contributed by atoms with E-state index in [1.807, 2.05) is 32.9 Å². The summed E-state index contributed by atoms with van der Waals surface area (Å²) in [5.74, 6) is 0.200. The van der Waals surface area contributed by atoms with E-state index in [9.17, 15) is 4.79 Å². The molecule has 0 heterocycles. The Hall–Kier alpha value is -1.68. The van der Waals surface area contributed by atoms with Gasteiger partial charge in [-0.3, -0.25) is 0 Å². The van der Waals surface area contributed by atoms with Gasteiger partial charge in [0.05, 0.1) is 14.2 Å². The van der Waals surface area contributed by atoms with E-state index in [2.05, 4.69) is 4.74 Å². The number of hydrogen-bond acceptors (Lipinski definition) is 4. The highest BCUT2D eigenvalue weighted by molar-refractivity contribution is 6.31. The lowest BCUT2D eigenvalue weighted by Gasteiger charge is -2.13. The summed E-state index contributed by atoms with van der Waals surface area (Å²) in [7, 11) is 2.78. The number of allylic oxidation sites excluding steroid dienone is 1. The predicted octanol–water partition coefficient (Wildman–Crippen LogP) is 4.12. The summed E-state index contributed by atoms with van der Waals surface area (Å²) in [4.78, 5) is 11.7. The summed E-state index contributed by atoms with van der Waals surface area (Å²) < 4.78 is 15.3. The molecule has 0 spiro atoms. The van der Waals surface area contributed by atoms with Gasteiger partial charge in [0.2, 0.25) is 0 Å². The second-order valence-corrected chi connectivity index (χ2v) is 3.79. The molecule has 1 aromatic rings. The van der Waals surface area contributed by atoms with Crippen molar-refractivity contribution >= 4 is 17.6 Å². The van der Waals surface area contributed by atoms with Gasteiger partial charge < -0.3 is 14.2 Å². The normalized spacial score (nSPS) is 9.70. The second-order valence-electron chi connectivity index (χ2n) is 3.36. The van der Waals surface area contributed by atoms with E-state index >= 15 is 0 Å². The first-order valence-electron chi connectivity index (χ1n) is 6.33. The van der Waals surface area contributed by atoms with Crippen molar-refractivity contribution in [2.75, 3.05) is 20.8 Å². The maximum absolute atomic E-state index is 11.7. The summed E-state index contributed by atoms with van der Waals surface area (Å²) in [6.07, 6.45) is 3.66. The zero-order chi connectivity index (χ0) is 15.5. The first-order valence-corrected chi connectivity index (χ1v) is 6.71. The van der Waals surface area contributed by atoms with Crippen LogP contribution in [0.1, 0.15) is 31.1 Å². The summed E-state index contributed by atoms with van der Waals surface area (Å²) in [5.41, 5.74) is 0.242. The van der Waals surface area contributed by atoms with Crippen molar-refractivity contribution < 1.29 is 19.0 Å². The largest absolute Gasteiger partial charge is 0.493 e. The number of methoxy groups -OCH3 is 2. The maximum atomic E-state index is 11.7. The van der Waals surface area contributed by atoms with Crippen LogP contribution in [0.15, 0.2) is 24.3 Å². The van der Waals surface area contributed by atoms with Gasteiger partial charge in [0.15, 0.2) is 11.5 Å². The topological polar surface area (TPSA) is 44.8 Å². The van der Waals surface area contributed by atoms with Crippen LogP contribution in [0.3, 0.4) is 0 Å². The third-order valence-electron chi connectivity index (χ3n) is 2.20. The SMILES string of the molecule is C/C=C/COc1c(OC)cc(Cl)cc1C(=O)OC.CC. The molecular weight excluding hydrogens is 280 g/mol. The van der Waals surface area contributed by atoms with Crippen LogP contribution >= 0.6 is 11.6 Å². The van der Waals surface area contributed by atoms with E-state index in [-0.39, 0.29) is 5.56 Å². The van der Waals surface area contributed by atoms with Gasteiger partial charge in [0.1, 0.15) is 12.2 Å². The molecule has 1 aromatic carbocycles. The Balaban J connectivity index is 0.00000172. The fourth-order valence-electron chi connectivity index (χ4n) is 1.36. The monoisotopic (exact) mass is 300 g/mol. The van der Waals surface area contributed by atoms with E-state index < -0.39 is 5.97 Å². The lowest BCUT2D eigenvalue weighted by atomic mass is 10.2. The number of rotatable bonds is 5. The maximum Gasteiger partial charge on any atom is 0.341 e. The fraction of sp³-hybridized carbons (Fsp3) is 0.400. The first kappa shape index (κ1) is 18.3. The Labute approximate surface area is 125 Å². The molecule has 0 fully saturated rings. The van der Waals surface area contributed by atoms with Crippen LogP contribution < -0.4 is 9.47 Å². The molecule has 4 nitrogen and oxygen atoms in total. The Morgan fingerprint density at radius 2 is 1.95 bits per heavy atom. The molecule has 0 unspecified atom stereocenters. The number of carbonyl (C=O) groups excluding carboxylic acids is 1. The Bertz CT molecular complexity index is 455. The molecule has 0 aliphatic carbocycles. The van der Waals surface area contributed by atoms with Crippen molar-refractivity contribution in [3.8, 4) is 11.5 Å². The molecule has 112 valence electrons. The van der Waals surface area contributed by atoms with Gasteiger partial charge in [-0.25, -0.2) is 4.79 Å². The lowest BCUT2D eigenvalue weighted by molar-refractivity contribution is 0.0596. The number of esters is 1. The van der Waals surface area contributed by atoms with Crippen molar-refractivity contribution in [3.63, 3.8) is 0 Å². The van der Waals surface area contributed by atoms with Gasteiger partial charge in [-0.15, -0.1) is 0 Å². The second kappa shape index (κ2) is 10.1. The van der Waals surface area contributed by atoms with E-state index in [0.717, 1.165) is 0 Å². The van der Waals surface area contributed by atoms with Gasteiger partial charge >= 0.3 is 5.97 Å². The highest BCUT2D eigenvalue weighted by atomic mass is 35.5. The molecule has 0 bridgehead atoms. The summed E-state index contributed by atoms with van der Waals surface area (Å²) >= 11 is 5.91. The van der Waals surface area contributed by atoms with Gasteiger partial charge in [-0.2, -0.15) is 0 Å². The van der Waals surface area contributed by atoms with Crippen molar-refractivity contribution in [1.82, 2.24) is 0 Å². The van der Waals surface area contributed by atoms with Crippen LogP contribution in [0.25, 0.3) is 0 Å². The van der Waals surface area contributed by atoms with Crippen LogP contribution in [0.4, 0.5) is 0 Å². The number of hydrogen-bond donors (Lipinski definition) is 0. The molecule has 0 aliphatic rings. The molecule has 0 saturated carbocycles. The third kappa shape index (κ3) is 5.13. The minimum Gasteiger partial charge on any atom is -0.493 e. The molecule has 0 aliphatic heterocycles. The zero-order valence-corrected chi connectivity index (χ0v) is 13.3. The van der Waals surface area contributed by atoms with Crippen LogP contribution in [0.2, 0.25) is 5.02 Å². The fourth-order valence-corrected chi connectivity index (χ4v) is 1.57. The number of benzene rings is 1. The van der Waals surface area contributed by atoms with E-state index in [0.29, 0.717) is 23.1 Å². The number of halogens is 1. The Morgan fingerprint density at radius 3 is 2.45 bits per heavy atom.